The maximum atomic E-state index is 12.2. The number of pyridine rings is 1. The Bertz CT molecular complexity index is 468. The Labute approximate surface area is 102 Å². The van der Waals surface area contributed by atoms with Gasteiger partial charge in [-0.15, -0.1) is 0 Å². The smallest absolute Gasteiger partial charge is 0.253 e. The molecule has 0 radical (unpaired) electrons. The molecule has 2 aliphatic rings. The summed E-state index contributed by atoms with van der Waals surface area (Å²) < 4.78 is 2.05. The van der Waals surface area contributed by atoms with Crippen molar-refractivity contribution in [2.75, 3.05) is 5.73 Å². The third-order valence-electron chi connectivity index (χ3n) is 4.33. The molecule has 3 rings (SSSR count). The van der Waals surface area contributed by atoms with Gasteiger partial charge in [0.15, 0.2) is 0 Å². The molecule has 2 saturated carbocycles. The van der Waals surface area contributed by atoms with Gasteiger partial charge in [0, 0.05) is 23.5 Å². The van der Waals surface area contributed by atoms with Crippen LogP contribution < -0.4 is 11.3 Å². The second-order valence-electron chi connectivity index (χ2n) is 5.49. The number of nitrogens with zero attached hydrogens (tertiary/aromatic N) is 1. The summed E-state index contributed by atoms with van der Waals surface area (Å²) in [5.74, 6) is 0.576. The van der Waals surface area contributed by atoms with E-state index in [-0.39, 0.29) is 5.56 Å². The molecule has 1 aromatic rings. The molecule has 0 spiro atoms. The van der Waals surface area contributed by atoms with Crippen LogP contribution >= 0.6 is 0 Å². The summed E-state index contributed by atoms with van der Waals surface area (Å²) in [6.07, 6.45) is 8.55. The fourth-order valence-corrected chi connectivity index (χ4v) is 3.19. The van der Waals surface area contributed by atoms with E-state index >= 15 is 0 Å². The summed E-state index contributed by atoms with van der Waals surface area (Å²) in [5.41, 5.74) is 7.77. The molecule has 0 aromatic carbocycles. The molecule has 2 N–H and O–H groups in total. The number of nitrogen functional groups attached to an aromatic ring is 1. The van der Waals surface area contributed by atoms with E-state index in [0.717, 1.165) is 12.8 Å². The van der Waals surface area contributed by atoms with Crippen molar-refractivity contribution < 1.29 is 0 Å². The van der Waals surface area contributed by atoms with Crippen LogP contribution in [0.3, 0.4) is 0 Å². The maximum Gasteiger partial charge on any atom is 0.253 e. The van der Waals surface area contributed by atoms with Gasteiger partial charge in [0.25, 0.3) is 5.56 Å². The second kappa shape index (κ2) is 4.21. The van der Waals surface area contributed by atoms with Crippen molar-refractivity contribution in [2.45, 2.75) is 56.9 Å². The van der Waals surface area contributed by atoms with Crippen LogP contribution in [0.1, 0.15) is 62.6 Å². The predicted molar refractivity (Wildman–Crippen MR) is 69.2 cm³/mol. The number of nitrogens with two attached hydrogens (primary N) is 1. The minimum atomic E-state index is 0.110. The minimum absolute atomic E-state index is 0.110. The summed E-state index contributed by atoms with van der Waals surface area (Å²) in [4.78, 5) is 12.2. The summed E-state index contributed by atoms with van der Waals surface area (Å²) in [5, 5.41) is 0. The molecular weight excluding hydrogens is 212 g/mol. The first-order valence-corrected chi connectivity index (χ1v) is 6.77. The molecule has 3 nitrogen and oxygen atoms in total. The van der Waals surface area contributed by atoms with Crippen LogP contribution in [0.15, 0.2) is 16.9 Å². The van der Waals surface area contributed by atoms with Crippen molar-refractivity contribution in [1.29, 1.82) is 0 Å². The summed E-state index contributed by atoms with van der Waals surface area (Å²) in [7, 11) is 0. The monoisotopic (exact) mass is 232 g/mol. The van der Waals surface area contributed by atoms with Crippen LogP contribution in [0, 0.1) is 0 Å². The molecule has 92 valence electrons. The number of hydrogen-bond donors (Lipinski definition) is 1. The van der Waals surface area contributed by atoms with Crippen molar-refractivity contribution in [3.63, 3.8) is 0 Å². The molecule has 0 saturated heterocycles. The van der Waals surface area contributed by atoms with Crippen LogP contribution in [0.5, 0.6) is 0 Å². The van der Waals surface area contributed by atoms with Crippen LogP contribution in [0.2, 0.25) is 0 Å². The summed E-state index contributed by atoms with van der Waals surface area (Å²) >= 11 is 0. The summed E-state index contributed by atoms with van der Waals surface area (Å²) in [6.45, 7) is 0. The highest BCUT2D eigenvalue weighted by Crippen LogP contribution is 2.39. The largest absolute Gasteiger partial charge is 0.399 e. The molecule has 0 amide bonds. The lowest BCUT2D eigenvalue weighted by atomic mass is 9.82. The van der Waals surface area contributed by atoms with Crippen LogP contribution in [-0.4, -0.2) is 4.57 Å². The first kappa shape index (κ1) is 10.9. The Morgan fingerprint density at radius 1 is 1.06 bits per heavy atom. The molecule has 0 unspecified atom stereocenters. The van der Waals surface area contributed by atoms with E-state index in [1.165, 1.54) is 37.8 Å². The number of rotatable bonds is 2. The van der Waals surface area contributed by atoms with E-state index in [9.17, 15) is 4.79 Å². The SMILES string of the molecule is Nc1cc(C2CCC2)n(C2CCCC2)c(=O)c1. The third-order valence-corrected chi connectivity index (χ3v) is 4.33. The van der Waals surface area contributed by atoms with Crippen molar-refractivity contribution in [2.24, 2.45) is 0 Å². The fraction of sp³-hybridized carbons (Fsp3) is 0.643. The van der Waals surface area contributed by atoms with Gasteiger partial charge < -0.3 is 10.3 Å². The second-order valence-corrected chi connectivity index (χ2v) is 5.49. The number of hydrogen-bond acceptors (Lipinski definition) is 2. The van der Waals surface area contributed by atoms with E-state index in [0.29, 0.717) is 17.6 Å². The van der Waals surface area contributed by atoms with Crippen LogP contribution in [-0.2, 0) is 0 Å². The molecule has 2 aliphatic carbocycles. The highest BCUT2D eigenvalue weighted by atomic mass is 16.1. The normalized spacial score (nSPS) is 21.6. The molecule has 1 aromatic heterocycles. The fourth-order valence-electron chi connectivity index (χ4n) is 3.19. The zero-order chi connectivity index (χ0) is 11.8. The molecule has 1 heterocycles. The molecule has 0 atom stereocenters. The topological polar surface area (TPSA) is 48.0 Å². The van der Waals surface area contributed by atoms with Gasteiger partial charge >= 0.3 is 0 Å². The first-order chi connectivity index (χ1) is 8.25. The van der Waals surface area contributed by atoms with E-state index in [1.54, 1.807) is 6.07 Å². The molecule has 17 heavy (non-hydrogen) atoms. The van der Waals surface area contributed by atoms with Gasteiger partial charge in [0.1, 0.15) is 0 Å². The Morgan fingerprint density at radius 2 is 1.76 bits per heavy atom. The van der Waals surface area contributed by atoms with Crippen LogP contribution in [0.25, 0.3) is 0 Å². The highest BCUT2D eigenvalue weighted by Gasteiger charge is 2.27. The van der Waals surface area contributed by atoms with Gasteiger partial charge in [-0.05, 0) is 37.7 Å². The molecular formula is C14H20N2O. The summed E-state index contributed by atoms with van der Waals surface area (Å²) in [6, 6.07) is 4.04. The lowest BCUT2D eigenvalue weighted by Gasteiger charge is -2.30. The van der Waals surface area contributed by atoms with Crippen molar-refractivity contribution in [3.05, 3.63) is 28.2 Å². The number of aromatic nitrogens is 1. The highest BCUT2D eigenvalue weighted by molar-refractivity contribution is 5.39. The van der Waals surface area contributed by atoms with E-state index in [2.05, 4.69) is 0 Å². The van der Waals surface area contributed by atoms with E-state index < -0.39 is 0 Å². The molecule has 0 aliphatic heterocycles. The quantitative estimate of drug-likeness (QED) is 0.852. The average molecular weight is 232 g/mol. The van der Waals surface area contributed by atoms with Gasteiger partial charge in [-0.2, -0.15) is 0 Å². The predicted octanol–water partition coefficient (Wildman–Crippen LogP) is 2.81. The number of anilines is 1. The van der Waals surface area contributed by atoms with Gasteiger partial charge in [-0.1, -0.05) is 19.3 Å². The maximum absolute atomic E-state index is 12.2. The Kier molecular flexibility index (Phi) is 2.69. The molecule has 0 bridgehead atoms. The van der Waals surface area contributed by atoms with Gasteiger partial charge in [0.2, 0.25) is 0 Å². The van der Waals surface area contributed by atoms with Gasteiger partial charge in [0.05, 0.1) is 0 Å². The zero-order valence-corrected chi connectivity index (χ0v) is 10.2. The van der Waals surface area contributed by atoms with Crippen molar-refractivity contribution in [1.82, 2.24) is 4.57 Å². The zero-order valence-electron chi connectivity index (χ0n) is 10.2. The lowest BCUT2D eigenvalue weighted by Crippen LogP contribution is -2.29. The third kappa shape index (κ3) is 1.88. The van der Waals surface area contributed by atoms with Gasteiger partial charge in [-0.3, -0.25) is 4.79 Å². The van der Waals surface area contributed by atoms with E-state index in [4.69, 9.17) is 5.73 Å². The molecule has 2 fully saturated rings. The Morgan fingerprint density at radius 3 is 2.35 bits per heavy atom. The lowest BCUT2D eigenvalue weighted by molar-refractivity contribution is 0.371. The van der Waals surface area contributed by atoms with Crippen LogP contribution in [0.4, 0.5) is 5.69 Å². The minimum Gasteiger partial charge on any atom is -0.399 e. The average Bonchev–Trinajstić information content (AvgIpc) is 2.66. The molecule has 3 heteroatoms. The first-order valence-electron chi connectivity index (χ1n) is 6.77. The Hall–Kier alpha value is -1.25. The standard InChI is InChI=1S/C14H20N2O/c15-11-8-13(10-4-3-5-10)16(14(17)9-11)12-6-1-2-7-12/h8-10,12H,1-7,15H2. The van der Waals surface area contributed by atoms with Crippen molar-refractivity contribution in [3.8, 4) is 0 Å². The Balaban J connectivity index is 2.06. The van der Waals surface area contributed by atoms with Crippen molar-refractivity contribution >= 4 is 5.69 Å². The van der Waals surface area contributed by atoms with Gasteiger partial charge in [-0.25, -0.2) is 0 Å². The van der Waals surface area contributed by atoms with E-state index in [1.807, 2.05) is 10.6 Å².